The lowest BCUT2D eigenvalue weighted by Gasteiger charge is -2.24. The van der Waals surface area contributed by atoms with Gasteiger partial charge in [0.1, 0.15) is 15.8 Å². The van der Waals surface area contributed by atoms with Gasteiger partial charge in [-0.25, -0.2) is 4.98 Å². The molecule has 0 bridgehead atoms. The van der Waals surface area contributed by atoms with Crippen LogP contribution in [-0.4, -0.2) is 30.6 Å². The number of fused-ring (bicyclic) bond motifs is 1. The highest BCUT2D eigenvalue weighted by molar-refractivity contribution is 8.26. The summed E-state index contributed by atoms with van der Waals surface area (Å²) in [7, 11) is 0. The van der Waals surface area contributed by atoms with E-state index in [0.717, 1.165) is 31.2 Å². The number of hydrogen-bond acceptors (Lipinski definition) is 6. The molecule has 1 amide bonds. The molecular weight excluding hydrogens is 464 g/mol. The van der Waals surface area contributed by atoms with Crippen LogP contribution in [0, 0.1) is 0 Å². The van der Waals surface area contributed by atoms with E-state index in [1.165, 1.54) is 22.6 Å². The van der Waals surface area contributed by atoms with Crippen LogP contribution in [0.2, 0.25) is 0 Å². The summed E-state index contributed by atoms with van der Waals surface area (Å²) in [5.41, 5.74) is 1.77. The monoisotopic (exact) mass is 490 g/mol. The van der Waals surface area contributed by atoms with Crippen molar-refractivity contribution < 1.29 is 4.79 Å². The van der Waals surface area contributed by atoms with Gasteiger partial charge in [0.15, 0.2) is 0 Å². The van der Waals surface area contributed by atoms with Crippen LogP contribution < -0.4 is 10.9 Å². The molecule has 2 aliphatic rings. The van der Waals surface area contributed by atoms with Crippen molar-refractivity contribution in [3.05, 3.63) is 81.1 Å². The number of amides is 1. The molecule has 2 fully saturated rings. The van der Waals surface area contributed by atoms with Gasteiger partial charge in [-0.15, -0.1) is 0 Å². The van der Waals surface area contributed by atoms with Crippen LogP contribution in [0.1, 0.15) is 56.2 Å². The molecule has 0 spiro atoms. The molecule has 3 heterocycles. The molecule has 0 radical (unpaired) electrons. The number of carbonyl (C=O) groups excluding carboxylic acids is 1. The van der Waals surface area contributed by atoms with E-state index in [1.54, 1.807) is 23.2 Å². The summed E-state index contributed by atoms with van der Waals surface area (Å²) >= 11 is 6.81. The molecule has 1 N–H and O–H groups in total. The second-order valence-electron chi connectivity index (χ2n) is 8.73. The van der Waals surface area contributed by atoms with Gasteiger partial charge in [0.2, 0.25) is 0 Å². The highest BCUT2D eigenvalue weighted by Gasteiger charge is 2.36. The lowest BCUT2D eigenvalue weighted by molar-refractivity contribution is -0.123. The summed E-state index contributed by atoms with van der Waals surface area (Å²) in [5, 5.41) is 3.51. The fourth-order valence-electron chi connectivity index (χ4n) is 4.61. The summed E-state index contributed by atoms with van der Waals surface area (Å²) in [6, 6.07) is 15.4. The van der Waals surface area contributed by atoms with Crippen molar-refractivity contribution in [1.82, 2.24) is 14.3 Å². The average molecular weight is 491 g/mol. The Kier molecular flexibility index (Phi) is 6.52. The number of carbonyl (C=O) groups is 1. The highest BCUT2D eigenvalue weighted by Crippen LogP contribution is 2.38. The molecule has 3 aromatic rings. The Morgan fingerprint density at radius 1 is 1.09 bits per heavy atom. The Labute approximate surface area is 208 Å². The average Bonchev–Trinajstić information content (AvgIpc) is 3.14. The number of hydrogen-bond donors (Lipinski definition) is 1. The van der Waals surface area contributed by atoms with E-state index in [0.29, 0.717) is 26.3 Å². The Hall–Kier alpha value is -2.97. The molecule has 1 aliphatic carbocycles. The minimum Gasteiger partial charge on any atom is -0.367 e. The van der Waals surface area contributed by atoms with Crippen molar-refractivity contribution in [3.8, 4) is 0 Å². The van der Waals surface area contributed by atoms with Crippen LogP contribution in [0.3, 0.4) is 0 Å². The third kappa shape index (κ3) is 4.40. The number of pyridine rings is 1. The summed E-state index contributed by atoms with van der Waals surface area (Å²) < 4.78 is 2.01. The molecule has 34 heavy (non-hydrogen) atoms. The molecular formula is C26H26N4O2S2. The molecule has 1 atom stereocenters. The first-order chi connectivity index (χ1) is 16.5. The first kappa shape index (κ1) is 22.8. The molecule has 1 saturated carbocycles. The van der Waals surface area contributed by atoms with Crippen LogP contribution in [0.25, 0.3) is 11.7 Å². The maximum absolute atomic E-state index is 13.5. The number of nitrogens with one attached hydrogen (secondary N) is 1. The third-order valence-electron chi connectivity index (χ3n) is 6.48. The minimum atomic E-state index is -0.203. The Morgan fingerprint density at radius 3 is 2.59 bits per heavy atom. The van der Waals surface area contributed by atoms with Crippen molar-refractivity contribution >= 4 is 51.7 Å². The lowest BCUT2D eigenvalue weighted by atomic mass is 9.95. The van der Waals surface area contributed by atoms with Gasteiger partial charge in [-0.1, -0.05) is 79.6 Å². The molecule has 2 aromatic heterocycles. The molecule has 174 valence electrons. The quantitative estimate of drug-likeness (QED) is 0.382. The van der Waals surface area contributed by atoms with Gasteiger partial charge in [0, 0.05) is 12.2 Å². The fourth-order valence-corrected chi connectivity index (χ4v) is 6.01. The van der Waals surface area contributed by atoms with E-state index in [1.807, 2.05) is 49.4 Å². The van der Waals surface area contributed by atoms with E-state index in [9.17, 15) is 9.59 Å². The predicted molar refractivity (Wildman–Crippen MR) is 142 cm³/mol. The zero-order valence-corrected chi connectivity index (χ0v) is 20.6. The standard InChI is InChI=1S/C26H26N4O2S2/c1-17(18-10-4-2-5-11-18)30-25(32)21(34-26(30)33)16-20-23(27-19-12-6-3-7-13-19)28-22-14-8-9-15-29(22)24(20)31/h2,4-5,8-11,14-17,19,27H,3,6-7,12-13H2,1H3/b21-16+/t17-/m0/s1. The van der Waals surface area contributed by atoms with E-state index < -0.39 is 0 Å². The first-order valence-electron chi connectivity index (χ1n) is 11.6. The number of thiocarbonyl (C=S) groups is 1. The second-order valence-corrected chi connectivity index (χ2v) is 10.4. The van der Waals surface area contributed by atoms with Crippen LogP contribution in [0.4, 0.5) is 5.82 Å². The van der Waals surface area contributed by atoms with Gasteiger partial charge in [0.05, 0.1) is 16.5 Å². The van der Waals surface area contributed by atoms with Crippen LogP contribution >= 0.6 is 24.0 Å². The number of anilines is 1. The topological polar surface area (TPSA) is 66.7 Å². The minimum absolute atomic E-state index is 0.187. The summed E-state index contributed by atoms with van der Waals surface area (Å²) in [6.45, 7) is 1.96. The lowest BCUT2D eigenvalue weighted by Crippen LogP contribution is -2.31. The highest BCUT2D eigenvalue weighted by atomic mass is 32.2. The molecule has 1 aromatic carbocycles. The Balaban J connectivity index is 1.54. The summed E-state index contributed by atoms with van der Waals surface area (Å²) in [4.78, 5) is 33.7. The van der Waals surface area contributed by atoms with E-state index in [4.69, 9.17) is 17.2 Å². The Bertz CT molecular complexity index is 1330. The third-order valence-corrected chi connectivity index (χ3v) is 7.81. The van der Waals surface area contributed by atoms with E-state index in [-0.39, 0.29) is 23.6 Å². The SMILES string of the molecule is C[C@@H](c1ccccc1)N1C(=O)/C(=C\c2c(NC3CCCCC3)nc3ccccn3c2=O)SC1=S. The molecule has 8 heteroatoms. The molecule has 5 rings (SSSR count). The van der Waals surface area contributed by atoms with E-state index >= 15 is 0 Å². The fraction of sp³-hybridized carbons (Fsp3) is 0.308. The molecule has 6 nitrogen and oxygen atoms in total. The zero-order chi connectivity index (χ0) is 23.7. The normalized spacial score (nSPS) is 19.2. The van der Waals surface area contributed by atoms with Crippen LogP contribution in [-0.2, 0) is 4.79 Å². The van der Waals surface area contributed by atoms with Crippen molar-refractivity contribution in [2.75, 3.05) is 5.32 Å². The molecule has 1 saturated heterocycles. The number of rotatable bonds is 5. The smallest absolute Gasteiger partial charge is 0.267 e. The number of aromatic nitrogens is 2. The first-order valence-corrected chi connectivity index (χ1v) is 12.9. The van der Waals surface area contributed by atoms with Crippen molar-refractivity contribution in [1.29, 1.82) is 0 Å². The molecule has 1 aliphatic heterocycles. The van der Waals surface area contributed by atoms with E-state index in [2.05, 4.69) is 5.32 Å². The van der Waals surface area contributed by atoms with Crippen molar-refractivity contribution in [2.24, 2.45) is 0 Å². The van der Waals surface area contributed by atoms with Gasteiger partial charge >= 0.3 is 0 Å². The summed E-state index contributed by atoms with van der Waals surface area (Å²) in [5.74, 6) is 0.344. The van der Waals surface area contributed by atoms with Crippen LogP contribution in [0.15, 0.2) is 64.4 Å². The van der Waals surface area contributed by atoms with Gasteiger partial charge in [-0.3, -0.25) is 18.9 Å². The van der Waals surface area contributed by atoms with Crippen LogP contribution in [0.5, 0.6) is 0 Å². The number of thioether (sulfide) groups is 1. The van der Waals surface area contributed by atoms with Gasteiger partial charge in [0.25, 0.3) is 11.5 Å². The Morgan fingerprint density at radius 2 is 1.82 bits per heavy atom. The largest absolute Gasteiger partial charge is 0.367 e. The summed E-state index contributed by atoms with van der Waals surface area (Å²) in [6.07, 6.45) is 9.02. The van der Waals surface area contributed by atoms with Crippen molar-refractivity contribution in [2.45, 2.75) is 51.1 Å². The maximum atomic E-state index is 13.5. The van der Waals surface area contributed by atoms with Gasteiger partial charge < -0.3 is 5.32 Å². The maximum Gasteiger partial charge on any atom is 0.267 e. The van der Waals surface area contributed by atoms with Gasteiger partial charge in [-0.2, -0.15) is 0 Å². The zero-order valence-electron chi connectivity index (χ0n) is 18.9. The van der Waals surface area contributed by atoms with Crippen molar-refractivity contribution in [3.63, 3.8) is 0 Å². The second kappa shape index (κ2) is 9.72. The number of nitrogens with zero attached hydrogens (tertiary/aromatic N) is 3. The predicted octanol–water partition coefficient (Wildman–Crippen LogP) is 5.40. The van der Waals surface area contributed by atoms with Gasteiger partial charge in [-0.05, 0) is 43.5 Å². The molecule has 0 unspecified atom stereocenters. The number of benzene rings is 1.